The lowest BCUT2D eigenvalue weighted by Gasteiger charge is -2.31. The molecule has 23 heavy (non-hydrogen) atoms. The van der Waals surface area contributed by atoms with Crippen LogP contribution in [0.4, 0.5) is 0 Å². The van der Waals surface area contributed by atoms with Gasteiger partial charge in [-0.05, 0) is 50.6 Å². The molecule has 0 saturated carbocycles. The minimum absolute atomic E-state index is 0.100. The Hall–Kier alpha value is -1.55. The second-order valence-electron chi connectivity index (χ2n) is 5.57. The Bertz CT molecular complexity index is 486. The number of ether oxygens (including phenoxy) is 2. The van der Waals surface area contributed by atoms with Crippen LogP contribution in [0.3, 0.4) is 0 Å². The Balaban J connectivity index is 0.00000127. The van der Waals surface area contributed by atoms with Gasteiger partial charge < -0.3 is 14.4 Å². The van der Waals surface area contributed by atoms with Crippen LogP contribution in [0.5, 0.6) is 11.5 Å². The molecule has 1 fully saturated rings. The zero-order valence-electron chi connectivity index (χ0n) is 15.2. The van der Waals surface area contributed by atoms with Gasteiger partial charge in [0.05, 0.1) is 14.2 Å². The van der Waals surface area contributed by atoms with Crippen molar-refractivity contribution in [2.24, 2.45) is 5.92 Å². The number of nitrogens with zero attached hydrogens (tertiary/aromatic N) is 1. The number of piperidine rings is 1. The summed E-state index contributed by atoms with van der Waals surface area (Å²) < 4.78 is 10.5. The van der Waals surface area contributed by atoms with E-state index < -0.39 is 0 Å². The van der Waals surface area contributed by atoms with E-state index in [0.717, 1.165) is 44.5 Å². The van der Waals surface area contributed by atoms with Gasteiger partial charge in [-0.3, -0.25) is 4.79 Å². The van der Waals surface area contributed by atoms with Gasteiger partial charge in [0.2, 0.25) is 0 Å². The van der Waals surface area contributed by atoms with Crippen molar-refractivity contribution in [3.05, 3.63) is 23.8 Å². The summed E-state index contributed by atoms with van der Waals surface area (Å²) in [5, 5.41) is 0. The maximum Gasteiger partial charge on any atom is 0.167 e. The number of carbonyl (C=O) groups is 1. The van der Waals surface area contributed by atoms with Gasteiger partial charge in [-0.25, -0.2) is 0 Å². The SMILES string of the molecule is CC.CCCN1CCCC(C(=O)c2ccc(OC)c(OC)c2)C1. The van der Waals surface area contributed by atoms with Gasteiger partial charge in [0.1, 0.15) is 0 Å². The third-order valence-corrected chi connectivity index (χ3v) is 4.08. The molecule has 0 aromatic heterocycles. The number of likely N-dealkylation sites (tertiary alicyclic amines) is 1. The molecule has 4 nitrogen and oxygen atoms in total. The molecule has 1 aliphatic heterocycles. The van der Waals surface area contributed by atoms with Crippen molar-refractivity contribution in [3.8, 4) is 11.5 Å². The summed E-state index contributed by atoms with van der Waals surface area (Å²) in [6, 6.07) is 5.43. The van der Waals surface area contributed by atoms with E-state index in [-0.39, 0.29) is 11.7 Å². The number of rotatable bonds is 6. The Kier molecular flexibility index (Phi) is 8.70. The van der Waals surface area contributed by atoms with Gasteiger partial charge in [-0.1, -0.05) is 20.8 Å². The average molecular weight is 321 g/mol. The first-order chi connectivity index (χ1) is 11.2. The fourth-order valence-corrected chi connectivity index (χ4v) is 3.01. The van der Waals surface area contributed by atoms with Crippen LogP contribution < -0.4 is 9.47 Å². The Morgan fingerprint density at radius 3 is 2.52 bits per heavy atom. The van der Waals surface area contributed by atoms with E-state index >= 15 is 0 Å². The van der Waals surface area contributed by atoms with Gasteiger partial charge in [0.25, 0.3) is 0 Å². The van der Waals surface area contributed by atoms with Crippen LogP contribution in [0.2, 0.25) is 0 Å². The van der Waals surface area contributed by atoms with Crippen molar-refractivity contribution in [2.75, 3.05) is 33.9 Å². The maximum atomic E-state index is 12.7. The highest BCUT2D eigenvalue weighted by atomic mass is 16.5. The molecular formula is C19H31NO3. The molecule has 4 heteroatoms. The predicted molar refractivity (Wildman–Crippen MR) is 94.7 cm³/mol. The van der Waals surface area contributed by atoms with E-state index in [1.165, 1.54) is 0 Å². The number of hydrogen-bond acceptors (Lipinski definition) is 4. The van der Waals surface area contributed by atoms with Gasteiger partial charge in [0, 0.05) is 18.0 Å². The van der Waals surface area contributed by atoms with Crippen molar-refractivity contribution in [1.29, 1.82) is 0 Å². The number of ketones is 1. The van der Waals surface area contributed by atoms with E-state index in [1.807, 2.05) is 19.9 Å². The summed E-state index contributed by atoms with van der Waals surface area (Å²) in [6.07, 6.45) is 3.22. The van der Waals surface area contributed by atoms with Crippen molar-refractivity contribution < 1.29 is 14.3 Å². The number of hydrogen-bond donors (Lipinski definition) is 0. The molecule has 1 heterocycles. The zero-order chi connectivity index (χ0) is 17.2. The number of Topliss-reactive ketones (excluding diaryl/α,β-unsaturated/α-hetero) is 1. The first-order valence-electron chi connectivity index (χ1n) is 8.68. The highest BCUT2D eigenvalue weighted by Crippen LogP contribution is 2.30. The van der Waals surface area contributed by atoms with Crippen LogP contribution in [-0.2, 0) is 0 Å². The third kappa shape index (κ3) is 5.24. The standard InChI is InChI=1S/C17H25NO3.C2H6/c1-4-9-18-10-5-6-14(12-18)17(19)13-7-8-15(20-2)16(11-13)21-3;1-2/h7-8,11,14H,4-6,9-10,12H2,1-3H3;1-2H3. The van der Waals surface area contributed by atoms with E-state index in [9.17, 15) is 4.79 Å². The third-order valence-electron chi connectivity index (χ3n) is 4.08. The summed E-state index contributed by atoms with van der Waals surface area (Å²) in [6.45, 7) is 9.25. The minimum Gasteiger partial charge on any atom is -0.493 e. The topological polar surface area (TPSA) is 38.8 Å². The quantitative estimate of drug-likeness (QED) is 0.741. The van der Waals surface area contributed by atoms with Crippen LogP contribution in [0.1, 0.15) is 50.4 Å². The van der Waals surface area contributed by atoms with Gasteiger partial charge in [-0.2, -0.15) is 0 Å². The number of benzene rings is 1. The molecule has 2 rings (SSSR count). The molecule has 0 N–H and O–H groups in total. The normalized spacial score (nSPS) is 17.9. The molecule has 0 aliphatic carbocycles. The second-order valence-corrected chi connectivity index (χ2v) is 5.57. The van der Waals surface area contributed by atoms with Crippen molar-refractivity contribution in [2.45, 2.75) is 40.0 Å². The van der Waals surface area contributed by atoms with Crippen molar-refractivity contribution >= 4 is 5.78 Å². The highest BCUT2D eigenvalue weighted by molar-refractivity contribution is 5.98. The first kappa shape index (κ1) is 19.5. The van der Waals surface area contributed by atoms with Crippen molar-refractivity contribution in [3.63, 3.8) is 0 Å². The zero-order valence-corrected chi connectivity index (χ0v) is 15.2. The first-order valence-corrected chi connectivity index (χ1v) is 8.68. The average Bonchev–Trinajstić information content (AvgIpc) is 2.62. The molecule has 0 amide bonds. The fraction of sp³-hybridized carbons (Fsp3) is 0.632. The molecule has 1 atom stereocenters. The van der Waals surface area contributed by atoms with Gasteiger partial charge >= 0.3 is 0 Å². The van der Waals surface area contributed by atoms with Crippen molar-refractivity contribution in [1.82, 2.24) is 4.90 Å². The molecular weight excluding hydrogens is 290 g/mol. The Labute approximate surface area is 140 Å². The summed E-state index contributed by atoms with van der Waals surface area (Å²) in [4.78, 5) is 15.1. The molecule has 1 unspecified atom stereocenters. The predicted octanol–water partition coefficient (Wildman–Crippen LogP) is 4.03. The lowest BCUT2D eigenvalue weighted by molar-refractivity contribution is 0.0819. The van der Waals surface area contributed by atoms with Crippen LogP contribution >= 0.6 is 0 Å². The Morgan fingerprint density at radius 2 is 1.91 bits per heavy atom. The summed E-state index contributed by atoms with van der Waals surface area (Å²) in [7, 11) is 3.19. The van der Waals surface area contributed by atoms with E-state index in [0.29, 0.717) is 11.5 Å². The van der Waals surface area contributed by atoms with E-state index in [4.69, 9.17) is 9.47 Å². The van der Waals surface area contributed by atoms with Crippen LogP contribution in [0.25, 0.3) is 0 Å². The van der Waals surface area contributed by atoms with E-state index in [2.05, 4.69) is 11.8 Å². The second kappa shape index (κ2) is 10.3. The fourth-order valence-electron chi connectivity index (χ4n) is 3.01. The van der Waals surface area contributed by atoms with Crippen LogP contribution in [0, 0.1) is 5.92 Å². The lowest BCUT2D eigenvalue weighted by Crippen LogP contribution is -2.39. The van der Waals surface area contributed by atoms with Gasteiger partial charge in [-0.15, -0.1) is 0 Å². The smallest absolute Gasteiger partial charge is 0.167 e. The molecule has 0 bridgehead atoms. The molecule has 1 aromatic rings. The summed E-state index contributed by atoms with van der Waals surface area (Å²) >= 11 is 0. The molecule has 130 valence electrons. The lowest BCUT2D eigenvalue weighted by atomic mass is 9.90. The van der Waals surface area contributed by atoms with E-state index in [1.54, 1.807) is 26.4 Å². The Morgan fingerprint density at radius 1 is 1.22 bits per heavy atom. The largest absolute Gasteiger partial charge is 0.493 e. The van der Waals surface area contributed by atoms with Crippen LogP contribution in [-0.4, -0.2) is 44.5 Å². The summed E-state index contributed by atoms with van der Waals surface area (Å²) in [5.74, 6) is 1.59. The highest BCUT2D eigenvalue weighted by Gasteiger charge is 2.26. The molecule has 1 aliphatic rings. The minimum atomic E-state index is 0.100. The summed E-state index contributed by atoms with van der Waals surface area (Å²) in [5.41, 5.74) is 0.719. The molecule has 1 saturated heterocycles. The monoisotopic (exact) mass is 321 g/mol. The molecule has 1 aromatic carbocycles. The number of methoxy groups -OCH3 is 2. The number of carbonyl (C=O) groups excluding carboxylic acids is 1. The maximum absolute atomic E-state index is 12.7. The van der Waals surface area contributed by atoms with Crippen LogP contribution in [0.15, 0.2) is 18.2 Å². The molecule has 0 spiro atoms. The molecule has 0 radical (unpaired) electrons. The van der Waals surface area contributed by atoms with Gasteiger partial charge in [0.15, 0.2) is 17.3 Å².